The molecule has 0 fully saturated rings. The molecule has 0 saturated heterocycles. The number of nitrogens with zero attached hydrogens (tertiary/aromatic N) is 4. The third kappa shape index (κ3) is 8.42. The molecular formula is C32H42N4O6. The third-order valence-corrected chi connectivity index (χ3v) is 7.16. The molecule has 226 valence electrons. The molecule has 42 heavy (non-hydrogen) atoms. The zero-order valence-corrected chi connectivity index (χ0v) is 23.9. The van der Waals surface area contributed by atoms with E-state index >= 15 is 0 Å². The van der Waals surface area contributed by atoms with E-state index in [1.807, 2.05) is 75.4 Å². The van der Waals surface area contributed by atoms with Gasteiger partial charge in [0.25, 0.3) is 0 Å². The van der Waals surface area contributed by atoms with Crippen molar-refractivity contribution in [2.24, 2.45) is 0 Å². The average molecular weight is 579 g/mol. The molecule has 0 heterocycles. The Morgan fingerprint density at radius 2 is 0.786 bits per heavy atom. The Morgan fingerprint density at radius 3 is 1.07 bits per heavy atom. The Labute approximate surface area is 247 Å². The smallest absolute Gasteiger partial charge is 0.0670 e. The Bertz CT molecular complexity index is 1160. The molecule has 0 spiro atoms. The highest BCUT2D eigenvalue weighted by molar-refractivity contribution is 5.84. The fourth-order valence-corrected chi connectivity index (χ4v) is 5.16. The van der Waals surface area contributed by atoms with Crippen molar-refractivity contribution in [1.29, 1.82) is 5.26 Å². The molecule has 0 saturated carbocycles. The summed E-state index contributed by atoms with van der Waals surface area (Å²) in [6.07, 6.45) is 0.150. The topological polar surface area (TPSA) is 155 Å². The number of rotatable bonds is 18. The van der Waals surface area contributed by atoms with E-state index in [1.165, 1.54) is 0 Å². The molecular weight excluding hydrogens is 536 g/mol. The van der Waals surface area contributed by atoms with Crippen molar-refractivity contribution in [2.45, 2.75) is 6.42 Å². The second-order valence-corrected chi connectivity index (χ2v) is 9.75. The van der Waals surface area contributed by atoms with E-state index < -0.39 is 0 Å². The van der Waals surface area contributed by atoms with Gasteiger partial charge >= 0.3 is 0 Å². The van der Waals surface area contributed by atoms with Crippen LogP contribution in [0.5, 0.6) is 0 Å². The zero-order valence-electron chi connectivity index (χ0n) is 23.9. The van der Waals surface area contributed by atoms with E-state index in [4.69, 9.17) is 0 Å². The van der Waals surface area contributed by atoms with Crippen LogP contribution < -0.4 is 14.7 Å². The first-order valence-corrected chi connectivity index (χ1v) is 14.2. The van der Waals surface area contributed by atoms with Crippen LogP contribution in [-0.2, 0) is 6.42 Å². The zero-order chi connectivity index (χ0) is 30.3. The van der Waals surface area contributed by atoms with Gasteiger partial charge in [-0.2, -0.15) is 5.26 Å². The van der Waals surface area contributed by atoms with Gasteiger partial charge in [-0.3, -0.25) is 0 Å². The summed E-state index contributed by atoms with van der Waals surface area (Å²) in [6.45, 7) is 1.86. The van der Waals surface area contributed by atoms with Crippen LogP contribution in [0.4, 0.5) is 17.1 Å². The van der Waals surface area contributed by atoms with Gasteiger partial charge in [0.15, 0.2) is 0 Å². The Morgan fingerprint density at radius 1 is 0.476 bits per heavy atom. The molecule has 0 bridgehead atoms. The molecule has 0 aromatic heterocycles. The van der Waals surface area contributed by atoms with Crippen LogP contribution in [0.25, 0.3) is 22.3 Å². The minimum atomic E-state index is -0.0922. The molecule has 0 unspecified atom stereocenters. The summed E-state index contributed by atoms with van der Waals surface area (Å²) in [7, 11) is 0. The largest absolute Gasteiger partial charge is 0.395 e. The summed E-state index contributed by atoms with van der Waals surface area (Å²) in [5, 5.41) is 67.1. The number of benzene rings is 3. The minimum absolute atomic E-state index is 0.0401. The first-order chi connectivity index (χ1) is 20.5. The van der Waals surface area contributed by atoms with E-state index in [-0.39, 0.29) is 46.1 Å². The summed E-state index contributed by atoms with van der Waals surface area (Å²) in [6, 6.07) is 21.8. The monoisotopic (exact) mass is 578 g/mol. The van der Waals surface area contributed by atoms with Crippen molar-refractivity contribution >= 4 is 17.1 Å². The molecule has 0 amide bonds. The number of hydrogen-bond donors (Lipinski definition) is 6. The number of anilines is 3. The predicted molar refractivity (Wildman–Crippen MR) is 166 cm³/mol. The second kappa shape index (κ2) is 17.3. The molecule has 10 nitrogen and oxygen atoms in total. The highest BCUT2D eigenvalue weighted by Crippen LogP contribution is 2.38. The highest BCUT2D eigenvalue weighted by atomic mass is 16.3. The van der Waals surface area contributed by atoms with Gasteiger partial charge in [0.2, 0.25) is 0 Å². The minimum Gasteiger partial charge on any atom is -0.395 e. The summed E-state index contributed by atoms with van der Waals surface area (Å²) in [5.74, 6) is 0. The SMILES string of the molecule is N#CCc1c(-c2ccc(N(CCO)CCO)cc2)cc(N(CCO)CCO)cc1-c1ccc(N(CCO)CCO)cc1. The van der Waals surface area contributed by atoms with E-state index in [0.29, 0.717) is 39.3 Å². The first kappa shape index (κ1) is 32.8. The maximum absolute atomic E-state index is 9.84. The van der Waals surface area contributed by atoms with Gasteiger partial charge in [0.1, 0.15) is 0 Å². The quantitative estimate of drug-likeness (QED) is 0.131. The maximum atomic E-state index is 9.84. The van der Waals surface area contributed by atoms with Crippen LogP contribution in [0.3, 0.4) is 0 Å². The summed E-state index contributed by atoms with van der Waals surface area (Å²) in [5.41, 5.74) is 6.78. The Kier molecular flexibility index (Phi) is 13.5. The van der Waals surface area contributed by atoms with E-state index in [1.54, 1.807) is 0 Å². The lowest BCUT2D eigenvalue weighted by molar-refractivity contribution is 0.280. The van der Waals surface area contributed by atoms with Crippen molar-refractivity contribution in [3.63, 3.8) is 0 Å². The van der Waals surface area contributed by atoms with Crippen LogP contribution in [0, 0.1) is 11.3 Å². The van der Waals surface area contributed by atoms with E-state index in [9.17, 15) is 35.9 Å². The molecule has 6 N–H and O–H groups in total. The number of aliphatic hydroxyl groups excluding tert-OH is 6. The van der Waals surface area contributed by atoms with Crippen LogP contribution in [0.15, 0.2) is 60.7 Å². The van der Waals surface area contributed by atoms with Gasteiger partial charge in [-0.15, -0.1) is 0 Å². The second-order valence-electron chi connectivity index (χ2n) is 9.75. The van der Waals surface area contributed by atoms with E-state index in [2.05, 4.69) is 6.07 Å². The predicted octanol–water partition coefficient (Wildman–Crippen LogP) is 1.46. The van der Waals surface area contributed by atoms with Crippen LogP contribution in [-0.4, -0.2) is 110 Å². The molecule has 0 aliphatic rings. The van der Waals surface area contributed by atoms with Gasteiger partial charge in [-0.05, 0) is 64.2 Å². The van der Waals surface area contributed by atoms with Crippen LogP contribution in [0.2, 0.25) is 0 Å². The van der Waals surface area contributed by atoms with Gasteiger partial charge in [-0.1, -0.05) is 24.3 Å². The fourth-order valence-electron chi connectivity index (χ4n) is 5.16. The molecule has 3 aromatic rings. The Balaban J connectivity index is 2.18. The van der Waals surface area contributed by atoms with Crippen molar-refractivity contribution in [2.75, 3.05) is 93.6 Å². The fraction of sp³-hybridized carbons (Fsp3) is 0.406. The molecule has 0 aliphatic carbocycles. The number of hydrogen-bond acceptors (Lipinski definition) is 10. The molecule has 3 aromatic carbocycles. The lowest BCUT2D eigenvalue weighted by atomic mass is 9.89. The highest BCUT2D eigenvalue weighted by Gasteiger charge is 2.18. The number of aliphatic hydroxyl groups is 6. The Hall–Kier alpha value is -3.69. The van der Waals surface area contributed by atoms with Gasteiger partial charge in [0.05, 0.1) is 52.1 Å². The van der Waals surface area contributed by atoms with Crippen LogP contribution >= 0.6 is 0 Å². The van der Waals surface area contributed by atoms with Gasteiger partial charge < -0.3 is 45.3 Å². The van der Waals surface area contributed by atoms with Crippen molar-refractivity contribution in [1.82, 2.24) is 0 Å². The molecule has 10 heteroatoms. The lowest BCUT2D eigenvalue weighted by Crippen LogP contribution is -2.30. The van der Waals surface area contributed by atoms with Gasteiger partial charge in [-0.25, -0.2) is 0 Å². The summed E-state index contributed by atoms with van der Waals surface area (Å²) >= 11 is 0. The molecule has 3 rings (SSSR count). The maximum Gasteiger partial charge on any atom is 0.0670 e. The van der Waals surface area contributed by atoms with Gasteiger partial charge in [0, 0.05) is 56.3 Å². The van der Waals surface area contributed by atoms with Crippen LogP contribution in [0.1, 0.15) is 5.56 Å². The number of nitriles is 1. The molecule has 0 atom stereocenters. The average Bonchev–Trinajstić information content (AvgIpc) is 3.01. The van der Waals surface area contributed by atoms with Crippen molar-refractivity contribution in [3.05, 3.63) is 66.2 Å². The summed E-state index contributed by atoms with van der Waals surface area (Å²) < 4.78 is 0. The normalized spacial score (nSPS) is 10.9. The van der Waals surface area contributed by atoms with Crippen molar-refractivity contribution < 1.29 is 30.6 Å². The molecule has 0 radical (unpaired) electrons. The van der Waals surface area contributed by atoms with Crippen molar-refractivity contribution in [3.8, 4) is 28.3 Å². The molecule has 0 aliphatic heterocycles. The lowest BCUT2D eigenvalue weighted by Gasteiger charge is -2.27. The standard InChI is InChI=1S/C32H42N4O6/c33-10-9-30-31(25-1-5-27(6-2-25)34(11-17-37)12-18-38)23-29(36(15-21-41)16-22-42)24-32(30)26-3-7-28(8-4-26)35(13-19-39)14-20-40/h1-8,23-24,37-42H,9,11-22H2. The van der Waals surface area contributed by atoms with E-state index in [0.717, 1.165) is 44.9 Å². The third-order valence-electron chi connectivity index (χ3n) is 7.16. The first-order valence-electron chi connectivity index (χ1n) is 14.2. The summed E-state index contributed by atoms with van der Waals surface area (Å²) in [4.78, 5) is 5.69.